The Bertz CT molecular complexity index is 1930. The fourth-order valence-corrected chi connectivity index (χ4v) is 6.40. The van der Waals surface area contributed by atoms with Crippen molar-refractivity contribution < 1.29 is 52.0 Å². The van der Waals surface area contributed by atoms with Crippen LogP contribution >= 0.6 is 11.9 Å². The van der Waals surface area contributed by atoms with Crippen LogP contribution in [0.5, 0.6) is 0 Å². The van der Waals surface area contributed by atoms with Crippen molar-refractivity contribution in [1.29, 1.82) is 0 Å². The van der Waals surface area contributed by atoms with Gasteiger partial charge in [0.1, 0.15) is 17.2 Å². The zero-order valence-electron chi connectivity index (χ0n) is 31.3. The first-order valence-corrected chi connectivity index (χ1v) is 19.3. The van der Waals surface area contributed by atoms with E-state index in [9.17, 15) is 23.9 Å². The highest BCUT2D eigenvalue weighted by Gasteiger charge is 2.31. The first-order valence-electron chi connectivity index (χ1n) is 18.2. The molecule has 0 atom stereocenters. The van der Waals surface area contributed by atoms with Gasteiger partial charge in [0.2, 0.25) is 5.76 Å². The van der Waals surface area contributed by atoms with Crippen LogP contribution in [0.4, 0.5) is 10.1 Å². The first-order chi connectivity index (χ1) is 26.7. The molecule has 1 aliphatic carbocycles. The lowest BCUT2D eigenvalue weighted by atomic mass is 10.0. The van der Waals surface area contributed by atoms with Crippen molar-refractivity contribution in [2.75, 3.05) is 77.0 Å². The van der Waals surface area contributed by atoms with Crippen molar-refractivity contribution >= 4 is 46.3 Å². The molecule has 3 aromatic carbocycles. The Morgan fingerprint density at radius 3 is 2.16 bits per heavy atom. The summed E-state index contributed by atoms with van der Waals surface area (Å²) in [6.45, 7) is 5.61. The van der Waals surface area contributed by atoms with Gasteiger partial charge in [-0.3, -0.25) is 9.59 Å². The molecule has 12 nitrogen and oxygen atoms in total. The summed E-state index contributed by atoms with van der Waals surface area (Å²) in [6, 6.07) is 16.7. The second-order valence-corrected chi connectivity index (χ2v) is 13.4. The maximum atomic E-state index is 13.7. The molecule has 2 N–H and O–H groups in total. The highest BCUT2D eigenvalue weighted by Crippen LogP contribution is 2.48. The van der Waals surface area contributed by atoms with Crippen LogP contribution < -0.4 is 9.62 Å². The smallest absolute Gasteiger partial charge is 0.373 e. The minimum atomic E-state index is -0.944. The summed E-state index contributed by atoms with van der Waals surface area (Å²) < 4.78 is 49.6. The van der Waals surface area contributed by atoms with E-state index in [0.717, 1.165) is 35.6 Å². The molecular weight excluding hydrogens is 732 g/mol. The zero-order valence-corrected chi connectivity index (χ0v) is 32.1. The summed E-state index contributed by atoms with van der Waals surface area (Å²) in [5, 5.41) is 13.1. The van der Waals surface area contributed by atoms with Crippen LogP contribution in [0.2, 0.25) is 0 Å². The summed E-state index contributed by atoms with van der Waals surface area (Å²) in [4.78, 5) is 36.8. The van der Waals surface area contributed by atoms with Gasteiger partial charge in [0.15, 0.2) is 5.78 Å². The van der Waals surface area contributed by atoms with Gasteiger partial charge in [-0.1, -0.05) is 36.2 Å². The van der Waals surface area contributed by atoms with Gasteiger partial charge in [-0.05, 0) is 67.1 Å². The number of ether oxygens (including phenoxy) is 5. The molecule has 1 amide bonds. The number of allylic oxidation sites excluding steroid dienone is 1. The second kappa shape index (κ2) is 20.8. The van der Waals surface area contributed by atoms with Gasteiger partial charge in [-0.2, -0.15) is 0 Å². The Morgan fingerprint density at radius 2 is 1.56 bits per heavy atom. The molecule has 0 unspecified atom stereocenters. The molecule has 0 radical (unpaired) electrons. The quantitative estimate of drug-likeness (QED) is 0.0199. The van der Waals surface area contributed by atoms with Gasteiger partial charge in [0.05, 0.1) is 77.3 Å². The molecule has 5 rings (SSSR count). The number of rotatable bonds is 23. The molecule has 1 saturated carbocycles. The number of hydrogen-bond donors (Lipinski definition) is 2. The Morgan fingerprint density at radius 1 is 0.927 bits per heavy atom. The number of nitrogens with one attached hydrogen (secondary N) is 1. The Labute approximate surface area is 324 Å². The van der Waals surface area contributed by atoms with E-state index in [4.69, 9.17) is 23.4 Å². The van der Waals surface area contributed by atoms with E-state index in [2.05, 4.69) is 20.4 Å². The van der Waals surface area contributed by atoms with E-state index >= 15 is 0 Å². The summed E-state index contributed by atoms with van der Waals surface area (Å²) in [6.07, 6.45) is 5.02. The molecule has 55 heavy (non-hydrogen) atoms. The van der Waals surface area contributed by atoms with E-state index < -0.39 is 17.5 Å². The van der Waals surface area contributed by atoms with E-state index in [1.807, 2.05) is 12.3 Å². The third-order valence-electron chi connectivity index (χ3n) is 8.72. The largest absolute Gasteiger partial charge is 0.502 e. The minimum absolute atomic E-state index is 0.0963. The fraction of sp³-hybridized carbons (Fsp3) is 0.390. The Hall–Kier alpha value is -4.73. The zero-order chi connectivity index (χ0) is 39.2. The first kappa shape index (κ1) is 41.4. The Balaban J connectivity index is 0.992. The van der Waals surface area contributed by atoms with Gasteiger partial charge >= 0.3 is 5.97 Å². The normalized spacial score (nSPS) is 12.9. The lowest BCUT2D eigenvalue weighted by molar-refractivity contribution is -0.141. The molecule has 0 bridgehead atoms. The lowest BCUT2D eigenvalue weighted by Gasteiger charge is -2.24. The standard InChI is InChI=1S/C41H47FN2O10S/c1-4-53-41(48)36(46)25-35(45)29-7-5-27(6-8-29)26-52-22-21-51-20-19-50-18-17-49-16-15-44(55-3)34-24-37-33(23-32(34)28-9-10-28)38(40(47)43-2)39(54-37)30-11-13-31(42)14-12-30/h5-8,11-14,23-25,28,46H,4,9-10,15-22,26H2,1-3H3,(H,43,47)/b36-25-. The number of aliphatic hydroxyl groups is 1. The number of carbonyl (C=O) groups is 3. The molecule has 4 aromatic rings. The average Bonchev–Trinajstić information content (AvgIpc) is 3.98. The minimum Gasteiger partial charge on any atom is -0.502 e. The number of aliphatic hydroxyl groups excluding tert-OH is 1. The average molecular weight is 779 g/mol. The number of halogens is 1. The maximum absolute atomic E-state index is 13.7. The fourth-order valence-electron chi connectivity index (χ4n) is 5.79. The number of esters is 1. The van der Waals surface area contributed by atoms with Gasteiger partial charge in [0.25, 0.3) is 5.91 Å². The molecule has 1 fully saturated rings. The van der Waals surface area contributed by atoms with Crippen LogP contribution in [0.15, 0.2) is 76.9 Å². The van der Waals surface area contributed by atoms with E-state index in [1.54, 1.807) is 62.3 Å². The van der Waals surface area contributed by atoms with Gasteiger partial charge in [-0.25, -0.2) is 9.18 Å². The third-order valence-corrected chi connectivity index (χ3v) is 9.54. The van der Waals surface area contributed by atoms with Gasteiger partial charge in [0, 0.05) is 42.0 Å². The number of fused-ring (bicyclic) bond motifs is 1. The molecular formula is C41H47FN2O10S. The summed E-state index contributed by atoms with van der Waals surface area (Å²) >= 11 is 1.60. The van der Waals surface area contributed by atoms with Crippen LogP contribution in [0.3, 0.4) is 0 Å². The van der Waals surface area contributed by atoms with E-state index in [0.29, 0.717) is 93.4 Å². The molecule has 0 aliphatic heterocycles. The molecule has 1 aliphatic rings. The van der Waals surface area contributed by atoms with Gasteiger partial charge in [-0.15, -0.1) is 0 Å². The summed E-state index contributed by atoms with van der Waals surface area (Å²) in [5.74, 6) is -2.00. The summed E-state index contributed by atoms with van der Waals surface area (Å²) in [5.41, 5.74) is 5.03. The summed E-state index contributed by atoms with van der Waals surface area (Å²) in [7, 11) is 1.59. The number of ketones is 1. The third kappa shape index (κ3) is 11.6. The number of nitrogens with zero attached hydrogens (tertiary/aromatic N) is 1. The molecule has 1 heterocycles. The van der Waals surface area contributed by atoms with Crippen LogP contribution in [0, 0.1) is 5.82 Å². The van der Waals surface area contributed by atoms with Crippen molar-refractivity contribution in [2.24, 2.45) is 0 Å². The molecule has 294 valence electrons. The molecule has 1 aromatic heterocycles. The van der Waals surface area contributed by atoms with Crippen molar-refractivity contribution in [1.82, 2.24) is 5.32 Å². The van der Waals surface area contributed by atoms with Crippen molar-refractivity contribution in [2.45, 2.75) is 32.3 Å². The van der Waals surface area contributed by atoms with Crippen LogP contribution in [-0.4, -0.2) is 95.5 Å². The van der Waals surface area contributed by atoms with Gasteiger partial charge < -0.3 is 42.8 Å². The van der Waals surface area contributed by atoms with Crippen LogP contribution in [-0.2, 0) is 35.1 Å². The molecule has 0 spiro atoms. The van der Waals surface area contributed by atoms with E-state index in [-0.39, 0.29) is 18.3 Å². The predicted molar refractivity (Wildman–Crippen MR) is 208 cm³/mol. The number of benzene rings is 3. The molecule has 14 heteroatoms. The maximum Gasteiger partial charge on any atom is 0.373 e. The van der Waals surface area contributed by atoms with Crippen molar-refractivity contribution in [3.8, 4) is 11.3 Å². The topological polar surface area (TPSA) is 146 Å². The monoisotopic (exact) mass is 778 g/mol. The van der Waals surface area contributed by atoms with Crippen molar-refractivity contribution in [3.63, 3.8) is 0 Å². The van der Waals surface area contributed by atoms with Crippen LogP contribution in [0.1, 0.15) is 57.5 Å². The predicted octanol–water partition coefficient (Wildman–Crippen LogP) is 7.01. The highest BCUT2D eigenvalue weighted by molar-refractivity contribution is 7.99. The van der Waals surface area contributed by atoms with Crippen LogP contribution in [0.25, 0.3) is 22.3 Å². The number of anilines is 1. The van der Waals surface area contributed by atoms with Crippen molar-refractivity contribution in [3.05, 3.63) is 101 Å². The van der Waals surface area contributed by atoms with E-state index in [1.165, 1.54) is 17.7 Å². The number of carbonyl (C=O) groups excluding carboxylic acids is 3. The second-order valence-electron chi connectivity index (χ2n) is 12.6. The molecule has 0 saturated heterocycles. The number of hydrogen-bond acceptors (Lipinski definition) is 12. The SMILES string of the molecule is CCOC(=O)/C(O)=C/C(=O)c1ccc(COCCOCCOCCOCCN(SC)c2cc3oc(-c4ccc(F)cc4)c(C(=O)NC)c3cc2C2CC2)cc1. The highest BCUT2D eigenvalue weighted by atomic mass is 32.2. The number of amides is 1. The lowest BCUT2D eigenvalue weighted by Crippen LogP contribution is -2.22. The number of furan rings is 1. The Kier molecular flexibility index (Phi) is 15.7.